The van der Waals surface area contributed by atoms with E-state index in [0.29, 0.717) is 17.1 Å². The van der Waals surface area contributed by atoms with Crippen LogP contribution in [0.25, 0.3) is 5.65 Å². The van der Waals surface area contributed by atoms with Gasteiger partial charge in [0.2, 0.25) is 0 Å². The minimum atomic E-state index is -0.0263. The molecule has 0 aromatic carbocycles. The lowest BCUT2D eigenvalue weighted by atomic mass is 10.2. The van der Waals surface area contributed by atoms with Crippen LogP contribution in [0, 0.1) is 0 Å². The van der Waals surface area contributed by atoms with Gasteiger partial charge in [0.1, 0.15) is 5.82 Å². The largest absolute Gasteiger partial charge is 0.345 e. The molecule has 0 aliphatic carbocycles. The van der Waals surface area contributed by atoms with Crippen molar-refractivity contribution in [1.82, 2.24) is 19.5 Å². The number of fused-ring (bicyclic) bond motifs is 1. The van der Waals surface area contributed by atoms with Crippen LogP contribution in [0.5, 0.6) is 0 Å². The lowest BCUT2D eigenvalue weighted by molar-refractivity contribution is 0.0827. The molecule has 0 bridgehead atoms. The number of pyridine rings is 1. The molecular formula is C12H16N4O. The van der Waals surface area contributed by atoms with Gasteiger partial charge in [0.05, 0.1) is 0 Å². The van der Waals surface area contributed by atoms with E-state index in [0.717, 1.165) is 5.82 Å². The highest BCUT2D eigenvalue weighted by atomic mass is 16.2. The summed E-state index contributed by atoms with van der Waals surface area (Å²) < 4.78 is 1.91. The summed E-state index contributed by atoms with van der Waals surface area (Å²) in [6.45, 7) is 4.13. The van der Waals surface area contributed by atoms with E-state index in [9.17, 15) is 4.79 Å². The highest BCUT2D eigenvalue weighted by Crippen LogP contribution is 2.15. The summed E-state index contributed by atoms with van der Waals surface area (Å²) in [5.74, 6) is 1.19. The molecule has 0 saturated carbocycles. The van der Waals surface area contributed by atoms with Crippen molar-refractivity contribution in [1.29, 1.82) is 0 Å². The second kappa shape index (κ2) is 4.16. The number of nitrogens with zero attached hydrogens (tertiary/aromatic N) is 4. The molecule has 0 saturated heterocycles. The average Bonchev–Trinajstić information content (AvgIpc) is 2.70. The molecular weight excluding hydrogens is 216 g/mol. The van der Waals surface area contributed by atoms with Crippen molar-refractivity contribution in [2.45, 2.75) is 19.8 Å². The third-order valence-corrected chi connectivity index (χ3v) is 2.61. The van der Waals surface area contributed by atoms with Gasteiger partial charge in [0.15, 0.2) is 5.65 Å². The van der Waals surface area contributed by atoms with Crippen molar-refractivity contribution >= 4 is 11.6 Å². The molecule has 90 valence electrons. The summed E-state index contributed by atoms with van der Waals surface area (Å²) in [5.41, 5.74) is 1.34. The fourth-order valence-corrected chi connectivity index (χ4v) is 1.69. The molecule has 2 aromatic rings. The maximum Gasteiger partial charge on any atom is 0.253 e. The highest BCUT2D eigenvalue weighted by Gasteiger charge is 2.12. The minimum Gasteiger partial charge on any atom is -0.345 e. The fraction of sp³-hybridized carbons (Fsp3) is 0.417. The number of carbonyl (C=O) groups is 1. The Morgan fingerprint density at radius 3 is 2.65 bits per heavy atom. The van der Waals surface area contributed by atoms with E-state index in [2.05, 4.69) is 24.0 Å². The number of rotatable bonds is 2. The first-order chi connectivity index (χ1) is 8.00. The second-order valence-electron chi connectivity index (χ2n) is 4.56. The Balaban J connectivity index is 2.50. The van der Waals surface area contributed by atoms with Crippen LogP contribution in [0.2, 0.25) is 0 Å². The first-order valence-corrected chi connectivity index (χ1v) is 5.57. The Kier molecular flexibility index (Phi) is 2.83. The molecule has 0 aliphatic heterocycles. The predicted molar refractivity (Wildman–Crippen MR) is 65.1 cm³/mol. The molecule has 0 fully saturated rings. The lowest BCUT2D eigenvalue weighted by Crippen LogP contribution is -2.21. The number of aromatic nitrogens is 3. The molecule has 0 radical (unpaired) electrons. The second-order valence-corrected chi connectivity index (χ2v) is 4.56. The SMILES string of the molecule is CC(C)c1nnc2cc(C(=O)N(C)C)ccn12. The van der Waals surface area contributed by atoms with Crippen LogP contribution in [-0.2, 0) is 0 Å². The van der Waals surface area contributed by atoms with Gasteiger partial charge in [-0.15, -0.1) is 10.2 Å². The third-order valence-electron chi connectivity index (χ3n) is 2.61. The van der Waals surface area contributed by atoms with Crippen molar-refractivity contribution in [3.63, 3.8) is 0 Å². The maximum atomic E-state index is 11.8. The van der Waals surface area contributed by atoms with Gasteiger partial charge in [-0.2, -0.15) is 0 Å². The smallest absolute Gasteiger partial charge is 0.253 e. The number of hydrogen-bond acceptors (Lipinski definition) is 3. The van der Waals surface area contributed by atoms with Gasteiger partial charge in [0.25, 0.3) is 5.91 Å². The monoisotopic (exact) mass is 232 g/mol. The standard InChI is InChI=1S/C12H16N4O/c1-8(2)11-14-13-10-7-9(5-6-16(10)11)12(17)15(3)4/h5-8H,1-4H3. The van der Waals surface area contributed by atoms with Gasteiger partial charge in [-0.25, -0.2) is 0 Å². The Hall–Kier alpha value is -1.91. The zero-order chi connectivity index (χ0) is 12.6. The van der Waals surface area contributed by atoms with E-state index in [1.165, 1.54) is 0 Å². The summed E-state index contributed by atoms with van der Waals surface area (Å²) in [5, 5.41) is 8.21. The lowest BCUT2D eigenvalue weighted by Gasteiger charge is -2.10. The number of hydrogen-bond donors (Lipinski definition) is 0. The molecule has 1 amide bonds. The van der Waals surface area contributed by atoms with E-state index in [1.807, 2.05) is 10.6 Å². The summed E-state index contributed by atoms with van der Waals surface area (Å²) in [6, 6.07) is 3.56. The molecule has 17 heavy (non-hydrogen) atoms. The first kappa shape index (κ1) is 11.6. The molecule has 0 atom stereocenters. The van der Waals surface area contributed by atoms with Crippen molar-refractivity contribution in [3.8, 4) is 0 Å². The van der Waals surface area contributed by atoms with Crippen molar-refractivity contribution in [2.24, 2.45) is 0 Å². The van der Waals surface area contributed by atoms with Crippen LogP contribution in [0.3, 0.4) is 0 Å². The fourth-order valence-electron chi connectivity index (χ4n) is 1.69. The topological polar surface area (TPSA) is 50.5 Å². The van der Waals surface area contributed by atoms with Crippen molar-refractivity contribution in [3.05, 3.63) is 29.7 Å². The van der Waals surface area contributed by atoms with E-state index in [1.54, 1.807) is 31.1 Å². The van der Waals surface area contributed by atoms with Crippen LogP contribution in [0.4, 0.5) is 0 Å². The van der Waals surface area contributed by atoms with E-state index < -0.39 is 0 Å². The Bertz CT molecular complexity index is 557. The zero-order valence-electron chi connectivity index (χ0n) is 10.5. The van der Waals surface area contributed by atoms with Crippen LogP contribution < -0.4 is 0 Å². The molecule has 0 aliphatic rings. The van der Waals surface area contributed by atoms with Crippen LogP contribution in [-0.4, -0.2) is 39.5 Å². The molecule has 2 heterocycles. The average molecular weight is 232 g/mol. The van der Waals surface area contributed by atoms with Gasteiger partial charge in [-0.1, -0.05) is 13.8 Å². The zero-order valence-corrected chi connectivity index (χ0v) is 10.5. The number of carbonyl (C=O) groups excluding carboxylic acids is 1. The quantitative estimate of drug-likeness (QED) is 0.789. The summed E-state index contributed by atoms with van der Waals surface area (Å²) in [4.78, 5) is 13.3. The minimum absolute atomic E-state index is 0.0263. The van der Waals surface area contributed by atoms with Gasteiger partial charge in [-0.3, -0.25) is 9.20 Å². The Labute approximate surface area is 100 Å². The Morgan fingerprint density at radius 1 is 1.35 bits per heavy atom. The van der Waals surface area contributed by atoms with Gasteiger partial charge in [-0.05, 0) is 12.1 Å². The summed E-state index contributed by atoms with van der Waals surface area (Å²) in [6.07, 6.45) is 1.85. The highest BCUT2D eigenvalue weighted by molar-refractivity contribution is 5.94. The van der Waals surface area contributed by atoms with Crippen molar-refractivity contribution in [2.75, 3.05) is 14.1 Å². The molecule has 5 heteroatoms. The van der Waals surface area contributed by atoms with Gasteiger partial charge in [0, 0.05) is 31.8 Å². The van der Waals surface area contributed by atoms with Gasteiger partial charge >= 0.3 is 0 Å². The van der Waals surface area contributed by atoms with Crippen LogP contribution >= 0.6 is 0 Å². The van der Waals surface area contributed by atoms with Crippen LogP contribution in [0.15, 0.2) is 18.3 Å². The van der Waals surface area contributed by atoms with Crippen LogP contribution in [0.1, 0.15) is 35.9 Å². The normalized spacial score (nSPS) is 11.1. The van der Waals surface area contributed by atoms with E-state index in [-0.39, 0.29) is 5.91 Å². The van der Waals surface area contributed by atoms with E-state index >= 15 is 0 Å². The third kappa shape index (κ3) is 2.00. The molecule has 0 spiro atoms. The van der Waals surface area contributed by atoms with E-state index in [4.69, 9.17) is 0 Å². The molecule has 5 nitrogen and oxygen atoms in total. The predicted octanol–water partition coefficient (Wildman–Crippen LogP) is 1.55. The van der Waals surface area contributed by atoms with Crippen molar-refractivity contribution < 1.29 is 4.79 Å². The summed E-state index contributed by atoms with van der Waals surface area (Å²) >= 11 is 0. The Morgan fingerprint density at radius 2 is 2.06 bits per heavy atom. The maximum absolute atomic E-state index is 11.8. The molecule has 0 N–H and O–H groups in total. The number of amides is 1. The molecule has 2 rings (SSSR count). The molecule has 0 unspecified atom stereocenters. The van der Waals surface area contributed by atoms with Gasteiger partial charge < -0.3 is 4.90 Å². The first-order valence-electron chi connectivity index (χ1n) is 5.57. The summed E-state index contributed by atoms with van der Waals surface area (Å²) in [7, 11) is 3.46. The molecule has 2 aromatic heterocycles.